The van der Waals surface area contributed by atoms with Crippen LogP contribution < -0.4 is 0 Å². The van der Waals surface area contributed by atoms with E-state index in [0.29, 0.717) is 19.6 Å². The fourth-order valence-corrected chi connectivity index (χ4v) is 3.00. The van der Waals surface area contributed by atoms with Crippen LogP contribution in [0.3, 0.4) is 0 Å². The highest BCUT2D eigenvalue weighted by Gasteiger charge is 2.39. The van der Waals surface area contributed by atoms with Gasteiger partial charge in [0.25, 0.3) is 0 Å². The van der Waals surface area contributed by atoms with E-state index in [1.54, 1.807) is 0 Å². The summed E-state index contributed by atoms with van der Waals surface area (Å²) < 4.78 is 22.0. The van der Waals surface area contributed by atoms with Crippen LogP contribution in [0.25, 0.3) is 0 Å². The Balaban J connectivity index is 1.88. The lowest BCUT2D eigenvalue weighted by Crippen LogP contribution is -2.25. The summed E-state index contributed by atoms with van der Waals surface area (Å²) in [6.07, 6.45) is 3.97. The maximum Gasteiger partial charge on any atom is 0.306 e. The Morgan fingerprint density at radius 3 is 2.70 bits per heavy atom. The van der Waals surface area contributed by atoms with E-state index < -0.39 is 11.9 Å². The second-order valence-corrected chi connectivity index (χ2v) is 7.07. The molecular weight excluding hydrogens is 348 g/mol. The Hall–Kier alpha value is -1.73. The van der Waals surface area contributed by atoms with E-state index in [-0.39, 0.29) is 31.0 Å². The summed E-state index contributed by atoms with van der Waals surface area (Å²) in [7, 11) is 1.38. The quantitative estimate of drug-likeness (QED) is 0.383. The van der Waals surface area contributed by atoms with Crippen molar-refractivity contribution in [2.45, 2.75) is 51.3 Å². The van der Waals surface area contributed by atoms with Gasteiger partial charge in [-0.1, -0.05) is 42.5 Å². The van der Waals surface area contributed by atoms with E-state index in [9.17, 15) is 9.90 Å². The van der Waals surface area contributed by atoms with Crippen LogP contribution in [0, 0.1) is 5.92 Å². The van der Waals surface area contributed by atoms with Crippen molar-refractivity contribution in [1.29, 1.82) is 0 Å². The van der Waals surface area contributed by atoms with Crippen LogP contribution in [0.5, 0.6) is 0 Å². The van der Waals surface area contributed by atoms with Gasteiger partial charge in [0.05, 0.1) is 26.7 Å². The van der Waals surface area contributed by atoms with Gasteiger partial charge in [-0.15, -0.1) is 0 Å². The highest BCUT2D eigenvalue weighted by Crippen LogP contribution is 2.29. The lowest BCUT2D eigenvalue weighted by atomic mass is 10.00. The molecule has 1 aromatic carbocycles. The number of aliphatic hydroxyl groups is 1. The molecule has 0 spiro atoms. The van der Waals surface area contributed by atoms with Gasteiger partial charge in [0.1, 0.15) is 12.2 Å². The molecule has 1 aromatic rings. The third-order valence-corrected chi connectivity index (χ3v) is 4.38. The average Bonchev–Trinajstić information content (AvgIpc) is 2.97. The second-order valence-electron chi connectivity index (χ2n) is 7.07. The van der Waals surface area contributed by atoms with Crippen molar-refractivity contribution >= 4 is 5.97 Å². The highest BCUT2D eigenvalue weighted by atomic mass is 16.8. The van der Waals surface area contributed by atoms with E-state index in [2.05, 4.69) is 0 Å². The Morgan fingerprint density at radius 2 is 2.04 bits per heavy atom. The smallest absolute Gasteiger partial charge is 0.306 e. The number of benzene rings is 1. The molecule has 1 saturated heterocycles. The standard InChI is InChI=1S/C21H30O6/c1-21(2)26-18(19(14-22)27-21)10-9-16(13-20(23)24-3)11-12-25-15-17-7-5-4-6-8-17/h4-10,16,18-19,22H,11-15H2,1-3H3/b10-9+/t16-,18-,19+/m0/s1. The Labute approximate surface area is 161 Å². The molecule has 27 heavy (non-hydrogen) atoms. The molecule has 0 saturated carbocycles. The molecule has 0 bridgehead atoms. The van der Waals surface area contributed by atoms with Crippen LogP contribution in [-0.4, -0.2) is 49.4 Å². The first kappa shape index (κ1) is 21.6. The predicted octanol–water partition coefficient (Wildman–Crippen LogP) is 2.84. The first-order valence-corrected chi connectivity index (χ1v) is 9.27. The Kier molecular flexibility index (Phi) is 8.44. The first-order valence-electron chi connectivity index (χ1n) is 9.27. The summed E-state index contributed by atoms with van der Waals surface area (Å²) in [4.78, 5) is 11.7. The summed E-state index contributed by atoms with van der Waals surface area (Å²) >= 11 is 0. The van der Waals surface area contributed by atoms with Gasteiger partial charge in [-0.3, -0.25) is 4.79 Å². The zero-order chi connectivity index (χ0) is 19.7. The van der Waals surface area contributed by atoms with Crippen LogP contribution in [0.2, 0.25) is 0 Å². The zero-order valence-corrected chi connectivity index (χ0v) is 16.3. The number of rotatable bonds is 10. The molecular formula is C21H30O6. The van der Waals surface area contributed by atoms with Crippen LogP contribution >= 0.6 is 0 Å². The molecule has 150 valence electrons. The van der Waals surface area contributed by atoms with Gasteiger partial charge >= 0.3 is 5.97 Å². The first-order chi connectivity index (χ1) is 12.9. The molecule has 0 unspecified atom stereocenters. The summed E-state index contributed by atoms with van der Waals surface area (Å²) in [5.74, 6) is -1.05. The lowest BCUT2D eigenvalue weighted by molar-refractivity contribution is -0.146. The number of hydrogen-bond donors (Lipinski definition) is 1. The molecule has 1 heterocycles. The van der Waals surface area contributed by atoms with E-state index in [1.165, 1.54) is 7.11 Å². The number of ether oxygens (including phenoxy) is 4. The van der Waals surface area contributed by atoms with Gasteiger partial charge in [0.2, 0.25) is 0 Å². The van der Waals surface area contributed by atoms with Crippen LogP contribution in [0.1, 0.15) is 32.3 Å². The molecule has 0 aliphatic carbocycles. The summed E-state index contributed by atoms with van der Waals surface area (Å²) in [5.41, 5.74) is 1.11. The molecule has 6 nitrogen and oxygen atoms in total. The van der Waals surface area contributed by atoms with Crippen molar-refractivity contribution in [1.82, 2.24) is 0 Å². The number of aliphatic hydroxyl groups excluding tert-OH is 1. The van der Waals surface area contributed by atoms with Crippen molar-refractivity contribution in [2.24, 2.45) is 5.92 Å². The van der Waals surface area contributed by atoms with E-state index >= 15 is 0 Å². The number of carbonyl (C=O) groups excluding carboxylic acids is 1. The predicted molar refractivity (Wildman–Crippen MR) is 101 cm³/mol. The van der Waals surface area contributed by atoms with Gasteiger partial charge < -0.3 is 24.1 Å². The van der Waals surface area contributed by atoms with E-state index in [4.69, 9.17) is 18.9 Å². The van der Waals surface area contributed by atoms with Crippen molar-refractivity contribution < 1.29 is 28.8 Å². The third-order valence-electron chi connectivity index (χ3n) is 4.38. The van der Waals surface area contributed by atoms with Crippen LogP contribution in [0.15, 0.2) is 42.5 Å². The van der Waals surface area contributed by atoms with E-state index in [0.717, 1.165) is 5.56 Å². The summed E-state index contributed by atoms with van der Waals surface area (Å²) in [6, 6.07) is 9.95. The van der Waals surface area contributed by atoms with Gasteiger partial charge in [-0.2, -0.15) is 0 Å². The maximum absolute atomic E-state index is 11.7. The second kappa shape index (κ2) is 10.6. The Morgan fingerprint density at radius 1 is 1.30 bits per heavy atom. The zero-order valence-electron chi connectivity index (χ0n) is 16.3. The van der Waals surface area contributed by atoms with Gasteiger partial charge in [-0.05, 0) is 31.7 Å². The maximum atomic E-state index is 11.7. The van der Waals surface area contributed by atoms with Crippen molar-refractivity contribution in [3.63, 3.8) is 0 Å². The molecule has 2 rings (SSSR count). The summed E-state index contributed by atoms with van der Waals surface area (Å²) in [6.45, 7) is 4.56. The third kappa shape index (κ3) is 7.42. The molecule has 1 fully saturated rings. The molecule has 1 aliphatic heterocycles. The van der Waals surface area contributed by atoms with Crippen LogP contribution in [0.4, 0.5) is 0 Å². The van der Waals surface area contributed by atoms with Crippen molar-refractivity contribution in [3.05, 3.63) is 48.0 Å². The van der Waals surface area contributed by atoms with E-state index in [1.807, 2.05) is 56.3 Å². The van der Waals surface area contributed by atoms with Gasteiger partial charge in [0, 0.05) is 6.61 Å². The number of methoxy groups -OCH3 is 1. The number of esters is 1. The monoisotopic (exact) mass is 378 g/mol. The number of carbonyl (C=O) groups is 1. The molecule has 0 aromatic heterocycles. The average molecular weight is 378 g/mol. The molecule has 6 heteroatoms. The fraction of sp³-hybridized carbons (Fsp3) is 0.571. The molecule has 3 atom stereocenters. The van der Waals surface area contributed by atoms with Gasteiger partial charge in [-0.25, -0.2) is 0 Å². The van der Waals surface area contributed by atoms with Crippen LogP contribution in [-0.2, 0) is 30.3 Å². The minimum Gasteiger partial charge on any atom is -0.469 e. The molecule has 1 N–H and O–H groups in total. The summed E-state index contributed by atoms with van der Waals surface area (Å²) in [5, 5.41) is 9.47. The van der Waals surface area contributed by atoms with Crippen molar-refractivity contribution in [2.75, 3.05) is 20.3 Å². The normalized spacial score (nSPS) is 22.8. The highest BCUT2D eigenvalue weighted by molar-refractivity contribution is 5.69. The largest absolute Gasteiger partial charge is 0.469 e. The number of allylic oxidation sites excluding steroid dienone is 1. The van der Waals surface area contributed by atoms with Gasteiger partial charge in [0.15, 0.2) is 5.79 Å². The van der Waals surface area contributed by atoms with Crippen molar-refractivity contribution in [3.8, 4) is 0 Å². The lowest BCUT2D eigenvalue weighted by Gasteiger charge is -2.16. The molecule has 0 radical (unpaired) electrons. The minimum atomic E-state index is -0.737. The molecule has 1 aliphatic rings. The number of hydrogen-bond acceptors (Lipinski definition) is 6. The fourth-order valence-electron chi connectivity index (χ4n) is 3.00. The topological polar surface area (TPSA) is 74.2 Å². The molecule has 0 amide bonds. The SMILES string of the molecule is COC(=O)C[C@@H](/C=C/[C@@H]1OC(C)(C)O[C@@H]1CO)CCOCc1ccccc1. The Bertz CT molecular complexity index is 598. The minimum absolute atomic E-state index is 0.0418.